The zero-order valence-electron chi connectivity index (χ0n) is 11.5. The summed E-state index contributed by atoms with van der Waals surface area (Å²) in [5, 5.41) is 3.55. The van der Waals surface area contributed by atoms with Gasteiger partial charge in [-0.25, -0.2) is 0 Å². The third-order valence-corrected chi connectivity index (χ3v) is 3.18. The highest BCUT2D eigenvalue weighted by atomic mass is 15.1. The first-order valence-electron chi connectivity index (χ1n) is 7.01. The van der Waals surface area contributed by atoms with E-state index in [2.05, 4.69) is 31.0 Å². The Morgan fingerprint density at radius 2 is 1.62 bits per heavy atom. The summed E-state index contributed by atoms with van der Waals surface area (Å²) in [6.07, 6.45) is 7.01. The van der Waals surface area contributed by atoms with E-state index in [1.165, 1.54) is 58.3 Å². The Hall–Kier alpha value is -0.0800. The lowest BCUT2D eigenvalue weighted by molar-refractivity contribution is 0.276. The second-order valence-corrected chi connectivity index (χ2v) is 6.35. The van der Waals surface area contributed by atoms with Crippen LogP contribution in [0.3, 0.4) is 0 Å². The molecular weight excluding hydrogens is 196 g/mol. The Balaban J connectivity index is 1.97. The number of rotatable bonds is 5. The van der Waals surface area contributed by atoms with Crippen molar-refractivity contribution >= 4 is 0 Å². The highest BCUT2D eigenvalue weighted by Gasteiger charge is 2.10. The quantitative estimate of drug-likeness (QED) is 0.725. The molecule has 96 valence electrons. The van der Waals surface area contributed by atoms with Gasteiger partial charge in [-0.15, -0.1) is 0 Å². The van der Waals surface area contributed by atoms with E-state index in [4.69, 9.17) is 0 Å². The van der Waals surface area contributed by atoms with E-state index in [0.717, 1.165) is 6.54 Å². The summed E-state index contributed by atoms with van der Waals surface area (Å²) in [7, 11) is 0. The van der Waals surface area contributed by atoms with Crippen LogP contribution in [-0.2, 0) is 0 Å². The van der Waals surface area contributed by atoms with Crippen molar-refractivity contribution in [3.05, 3.63) is 0 Å². The lowest BCUT2D eigenvalue weighted by Crippen LogP contribution is -2.31. The first kappa shape index (κ1) is 14.0. The summed E-state index contributed by atoms with van der Waals surface area (Å²) in [4.78, 5) is 2.64. The summed E-state index contributed by atoms with van der Waals surface area (Å²) >= 11 is 0. The van der Waals surface area contributed by atoms with Crippen molar-refractivity contribution in [3.8, 4) is 0 Å². The van der Waals surface area contributed by atoms with Crippen LogP contribution < -0.4 is 5.32 Å². The number of likely N-dealkylation sites (tertiary alicyclic amines) is 1. The van der Waals surface area contributed by atoms with Crippen molar-refractivity contribution in [2.24, 2.45) is 5.41 Å². The zero-order valence-corrected chi connectivity index (χ0v) is 11.5. The molecule has 0 bridgehead atoms. The maximum Gasteiger partial charge on any atom is -0.0000116 e. The fourth-order valence-electron chi connectivity index (χ4n) is 2.25. The Morgan fingerprint density at radius 3 is 2.19 bits per heavy atom. The predicted octanol–water partition coefficient (Wildman–Crippen LogP) is 2.89. The molecule has 1 rings (SSSR count). The number of nitrogens with zero attached hydrogens (tertiary/aromatic N) is 1. The van der Waals surface area contributed by atoms with Crippen LogP contribution in [0.1, 0.15) is 52.9 Å². The maximum absolute atomic E-state index is 3.55. The molecule has 0 aromatic heterocycles. The number of hydrogen-bond donors (Lipinski definition) is 1. The van der Waals surface area contributed by atoms with E-state index in [-0.39, 0.29) is 0 Å². The van der Waals surface area contributed by atoms with E-state index in [1.807, 2.05) is 0 Å². The molecule has 2 nitrogen and oxygen atoms in total. The molecule has 1 aliphatic heterocycles. The molecule has 0 saturated carbocycles. The van der Waals surface area contributed by atoms with Gasteiger partial charge in [0.05, 0.1) is 0 Å². The molecule has 1 fully saturated rings. The highest BCUT2D eigenvalue weighted by molar-refractivity contribution is 4.67. The molecule has 0 radical (unpaired) electrons. The molecule has 16 heavy (non-hydrogen) atoms. The minimum atomic E-state index is 0.419. The molecule has 2 heteroatoms. The van der Waals surface area contributed by atoms with E-state index >= 15 is 0 Å². The second kappa shape index (κ2) is 7.29. The summed E-state index contributed by atoms with van der Waals surface area (Å²) in [6, 6.07) is 0. The third-order valence-electron chi connectivity index (χ3n) is 3.18. The largest absolute Gasteiger partial charge is 0.316 e. The van der Waals surface area contributed by atoms with E-state index in [9.17, 15) is 0 Å². The smallest absolute Gasteiger partial charge is 0.0000116 e. The Morgan fingerprint density at radius 1 is 1.00 bits per heavy atom. The molecular formula is C14H30N2. The standard InChI is InChI=1S/C14H30N2/c1-14(2,3)13-15-9-8-12-16-10-6-4-5-7-11-16/h15H,4-13H2,1-3H3. The van der Waals surface area contributed by atoms with Gasteiger partial charge >= 0.3 is 0 Å². The van der Waals surface area contributed by atoms with Crippen LogP contribution in [0.5, 0.6) is 0 Å². The molecule has 0 amide bonds. The molecule has 0 aliphatic carbocycles. The van der Waals surface area contributed by atoms with Crippen LogP contribution >= 0.6 is 0 Å². The SMILES string of the molecule is CC(C)(C)CNCCCN1CCCCCC1. The van der Waals surface area contributed by atoms with Crippen molar-refractivity contribution in [2.75, 3.05) is 32.7 Å². The molecule has 0 atom stereocenters. The topological polar surface area (TPSA) is 15.3 Å². The van der Waals surface area contributed by atoms with Crippen LogP contribution in [0, 0.1) is 5.41 Å². The average molecular weight is 226 g/mol. The Labute approximate surface area is 102 Å². The van der Waals surface area contributed by atoms with Gasteiger partial charge in [0.1, 0.15) is 0 Å². The lowest BCUT2D eigenvalue weighted by Gasteiger charge is -2.21. The van der Waals surface area contributed by atoms with Crippen molar-refractivity contribution < 1.29 is 0 Å². The molecule has 0 aromatic rings. The summed E-state index contributed by atoms with van der Waals surface area (Å²) in [5.74, 6) is 0. The monoisotopic (exact) mass is 226 g/mol. The molecule has 1 aliphatic rings. The van der Waals surface area contributed by atoms with Gasteiger partial charge in [-0.1, -0.05) is 33.6 Å². The van der Waals surface area contributed by atoms with Gasteiger partial charge in [0, 0.05) is 0 Å². The van der Waals surface area contributed by atoms with E-state index in [0.29, 0.717) is 5.41 Å². The van der Waals surface area contributed by atoms with Gasteiger partial charge in [0.2, 0.25) is 0 Å². The number of nitrogens with one attached hydrogen (secondary N) is 1. The minimum absolute atomic E-state index is 0.419. The van der Waals surface area contributed by atoms with Gasteiger partial charge in [-0.3, -0.25) is 0 Å². The maximum atomic E-state index is 3.55. The van der Waals surface area contributed by atoms with Crippen LogP contribution in [-0.4, -0.2) is 37.6 Å². The van der Waals surface area contributed by atoms with Crippen LogP contribution in [0.15, 0.2) is 0 Å². The molecule has 1 saturated heterocycles. The van der Waals surface area contributed by atoms with Crippen LogP contribution in [0.2, 0.25) is 0 Å². The number of hydrogen-bond acceptors (Lipinski definition) is 2. The third kappa shape index (κ3) is 7.24. The minimum Gasteiger partial charge on any atom is -0.316 e. The highest BCUT2D eigenvalue weighted by Crippen LogP contribution is 2.11. The fraction of sp³-hybridized carbons (Fsp3) is 1.00. The van der Waals surface area contributed by atoms with Crippen molar-refractivity contribution in [1.82, 2.24) is 10.2 Å². The first-order valence-corrected chi connectivity index (χ1v) is 7.01. The van der Waals surface area contributed by atoms with Crippen molar-refractivity contribution in [3.63, 3.8) is 0 Å². The summed E-state index contributed by atoms with van der Waals surface area (Å²) in [5.41, 5.74) is 0.419. The van der Waals surface area contributed by atoms with Crippen LogP contribution in [0.25, 0.3) is 0 Å². The molecule has 0 aromatic carbocycles. The van der Waals surface area contributed by atoms with E-state index in [1.54, 1.807) is 0 Å². The molecule has 1 heterocycles. The van der Waals surface area contributed by atoms with Gasteiger partial charge < -0.3 is 10.2 Å². The second-order valence-electron chi connectivity index (χ2n) is 6.35. The van der Waals surface area contributed by atoms with Gasteiger partial charge in [0.25, 0.3) is 0 Å². The van der Waals surface area contributed by atoms with Crippen molar-refractivity contribution in [2.45, 2.75) is 52.9 Å². The molecule has 0 spiro atoms. The van der Waals surface area contributed by atoms with Crippen LogP contribution in [0.4, 0.5) is 0 Å². The molecule has 0 unspecified atom stereocenters. The summed E-state index contributed by atoms with van der Waals surface area (Å²) < 4.78 is 0. The first-order chi connectivity index (χ1) is 7.58. The van der Waals surface area contributed by atoms with Gasteiger partial charge in [-0.2, -0.15) is 0 Å². The lowest BCUT2D eigenvalue weighted by atomic mass is 9.97. The summed E-state index contributed by atoms with van der Waals surface area (Å²) in [6.45, 7) is 13.1. The predicted molar refractivity (Wildman–Crippen MR) is 71.8 cm³/mol. The molecule has 1 N–H and O–H groups in total. The Kier molecular flexibility index (Phi) is 6.37. The zero-order chi connectivity index (χ0) is 11.9. The Bertz CT molecular complexity index is 164. The van der Waals surface area contributed by atoms with Crippen molar-refractivity contribution in [1.29, 1.82) is 0 Å². The van der Waals surface area contributed by atoms with E-state index < -0.39 is 0 Å². The fourth-order valence-corrected chi connectivity index (χ4v) is 2.25. The average Bonchev–Trinajstić information content (AvgIpc) is 2.44. The normalized spacial score (nSPS) is 19.7. The van der Waals surface area contributed by atoms with Gasteiger partial charge in [-0.05, 0) is 57.4 Å². The van der Waals surface area contributed by atoms with Gasteiger partial charge in [0.15, 0.2) is 0 Å².